The minimum Gasteiger partial charge on any atom is -0.486 e. The van der Waals surface area contributed by atoms with Crippen LogP contribution < -0.4 is 19.6 Å². The summed E-state index contributed by atoms with van der Waals surface area (Å²) in [5.41, 5.74) is 2.14. The molecule has 1 aliphatic rings. The van der Waals surface area contributed by atoms with Crippen LogP contribution in [0.15, 0.2) is 45.8 Å². The molecule has 2 aromatic carbocycles. The molecule has 1 atom stereocenters. The first-order chi connectivity index (χ1) is 14.5. The molecule has 7 nitrogen and oxygen atoms in total. The Hall–Kier alpha value is -3.48. The molecule has 0 N–H and O–H groups in total. The Morgan fingerprint density at radius 3 is 2.63 bits per heavy atom. The maximum atomic E-state index is 13.2. The van der Waals surface area contributed by atoms with Crippen LogP contribution in [0, 0.1) is 0 Å². The molecule has 156 valence electrons. The van der Waals surface area contributed by atoms with E-state index in [9.17, 15) is 9.59 Å². The molecule has 30 heavy (non-hydrogen) atoms. The number of carbonyl (C=O) groups excluding carboxylic acids is 1. The highest BCUT2D eigenvalue weighted by molar-refractivity contribution is 5.84. The average Bonchev–Trinajstić information content (AvgIpc) is 2.78. The van der Waals surface area contributed by atoms with Gasteiger partial charge >= 0.3 is 5.97 Å². The third-order valence-electron chi connectivity index (χ3n) is 5.03. The zero-order valence-corrected chi connectivity index (χ0v) is 17.0. The van der Waals surface area contributed by atoms with Crippen LogP contribution in [0.25, 0.3) is 22.1 Å². The van der Waals surface area contributed by atoms with Gasteiger partial charge in [-0.2, -0.15) is 0 Å². The van der Waals surface area contributed by atoms with Gasteiger partial charge in [0.1, 0.15) is 30.8 Å². The summed E-state index contributed by atoms with van der Waals surface area (Å²) < 4.78 is 27.4. The van der Waals surface area contributed by atoms with Crippen molar-refractivity contribution in [3.05, 3.63) is 52.4 Å². The SMILES string of the molecule is CCc1cc2c(=O)c(-c3ccc4c(c3)OCCO4)coc2cc1O[C@H](C)C(=O)OC. The second-order valence-electron chi connectivity index (χ2n) is 6.93. The van der Waals surface area contributed by atoms with Crippen molar-refractivity contribution in [2.45, 2.75) is 26.4 Å². The van der Waals surface area contributed by atoms with Gasteiger partial charge < -0.3 is 23.4 Å². The van der Waals surface area contributed by atoms with Gasteiger partial charge in [0.25, 0.3) is 0 Å². The van der Waals surface area contributed by atoms with Gasteiger partial charge in [0.05, 0.1) is 18.1 Å². The van der Waals surface area contributed by atoms with E-state index in [0.717, 1.165) is 5.56 Å². The normalized spacial score (nSPS) is 13.7. The fraction of sp³-hybridized carbons (Fsp3) is 0.304. The molecule has 0 bridgehead atoms. The molecule has 0 saturated carbocycles. The number of fused-ring (bicyclic) bond motifs is 2. The maximum absolute atomic E-state index is 13.2. The minimum absolute atomic E-state index is 0.157. The Labute approximate surface area is 173 Å². The van der Waals surface area contributed by atoms with Crippen LogP contribution in [-0.4, -0.2) is 32.4 Å². The summed E-state index contributed by atoms with van der Waals surface area (Å²) in [7, 11) is 1.31. The van der Waals surface area contributed by atoms with Crippen molar-refractivity contribution in [3.8, 4) is 28.4 Å². The van der Waals surface area contributed by atoms with Gasteiger partial charge in [0, 0.05) is 6.07 Å². The number of hydrogen-bond donors (Lipinski definition) is 0. The molecule has 0 unspecified atom stereocenters. The Kier molecular flexibility index (Phi) is 5.35. The first kappa shape index (κ1) is 19.8. The topological polar surface area (TPSA) is 84.2 Å². The van der Waals surface area contributed by atoms with E-state index in [4.69, 9.17) is 23.4 Å². The second-order valence-corrected chi connectivity index (χ2v) is 6.93. The van der Waals surface area contributed by atoms with Gasteiger partial charge in [-0.15, -0.1) is 0 Å². The summed E-state index contributed by atoms with van der Waals surface area (Å²) in [6.45, 7) is 4.53. The van der Waals surface area contributed by atoms with Gasteiger partial charge in [-0.3, -0.25) is 4.79 Å². The van der Waals surface area contributed by atoms with Gasteiger partial charge in [0.15, 0.2) is 17.6 Å². The largest absolute Gasteiger partial charge is 0.486 e. The van der Waals surface area contributed by atoms with Gasteiger partial charge in [0.2, 0.25) is 5.43 Å². The van der Waals surface area contributed by atoms with Crippen molar-refractivity contribution >= 4 is 16.9 Å². The summed E-state index contributed by atoms with van der Waals surface area (Å²) in [6, 6.07) is 8.77. The van der Waals surface area contributed by atoms with Crippen LogP contribution in [0.2, 0.25) is 0 Å². The van der Waals surface area contributed by atoms with Crippen LogP contribution in [-0.2, 0) is 16.0 Å². The van der Waals surface area contributed by atoms with Crippen molar-refractivity contribution in [1.82, 2.24) is 0 Å². The summed E-state index contributed by atoms with van der Waals surface area (Å²) in [5, 5.41) is 0.442. The third kappa shape index (κ3) is 3.58. The number of ether oxygens (including phenoxy) is 4. The second kappa shape index (κ2) is 8.10. The molecule has 0 spiro atoms. The zero-order chi connectivity index (χ0) is 21.3. The monoisotopic (exact) mass is 410 g/mol. The number of aryl methyl sites for hydroxylation is 1. The lowest BCUT2D eigenvalue weighted by atomic mass is 10.0. The van der Waals surface area contributed by atoms with Crippen molar-refractivity contribution in [2.75, 3.05) is 20.3 Å². The first-order valence-corrected chi connectivity index (χ1v) is 9.74. The van der Waals surface area contributed by atoms with E-state index >= 15 is 0 Å². The van der Waals surface area contributed by atoms with E-state index < -0.39 is 12.1 Å². The molecule has 0 saturated heterocycles. The lowest BCUT2D eigenvalue weighted by molar-refractivity contribution is -0.147. The minimum atomic E-state index is -0.776. The quantitative estimate of drug-likeness (QED) is 0.593. The van der Waals surface area contributed by atoms with Crippen molar-refractivity contribution < 1.29 is 28.2 Å². The number of benzene rings is 2. The fourth-order valence-corrected chi connectivity index (χ4v) is 3.40. The highest BCUT2D eigenvalue weighted by atomic mass is 16.6. The summed E-state index contributed by atoms with van der Waals surface area (Å²) >= 11 is 0. The van der Waals surface area contributed by atoms with Gasteiger partial charge in [-0.05, 0) is 42.7 Å². The van der Waals surface area contributed by atoms with Crippen LogP contribution in [0.4, 0.5) is 0 Å². The smallest absolute Gasteiger partial charge is 0.346 e. The summed E-state index contributed by atoms with van der Waals surface area (Å²) in [6.07, 6.45) is 1.27. The molecule has 2 heterocycles. The molecule has 7 heteroatoms. The zero-order valence-electron chi connectivity index (χ0n) is 17.0. The Morgan fingerprint density at radius 1 is 1.13 bits per heavy atom. The van der Waals surface area contributed by atoms with Crippen LogP contribution >= 0.6 is 0 Å². The van der Waals surface area contributed by atoms with Crippen LogP contribution in [0.5, 0.6) is 17.2 Å². The van der Waals surface area contributed by atoms with Crippen molar-refractivity contribution in [1.29, 1.82) is 0 Å². The predicted molar refractivity (Wildman–Crippen MR) is 110 cm³/mol. The Balaban J connectivity index is 1.77. The highest BCUT2D eigenvalue weighted by Gasteiger charge is 2.20. The number of esters is 1. The maximum Gasteiger partial charge on any atom is 0.346 e. The predicted octanol–water partition coefficient (Wildman–Crippen LogP) is 3.73. The van der Waals surface area contributed by atoms with Gasteiger partial charge in [-0.1, -0.05) is 13.0 Å². The molecule has 1 aliphatic heterocycles. The molecule has 3 aromatic rings. The highest BCUT2D eigenvalue weighted by Crippen LogP contribution is 2.34. The Morgan fingerprint density at radius 2 is 1.90 bits per heavy atom. The van der Waals surface area contributed by atoms with Gasteiger partial charge in [-0.25, -0.2) is 4.79 Å². The third-order valence-corrected chi connectivity index (χ3v) is 5.03. The fourth-order valence-electron chi connectivity index (χ4n) is 3.40. The molecular weight excluding hydrogens is 388 g/mol. The van der Waals surface area contributed by atoms with E-state index in [1.54, 1.807) is 31.2 Å². The van der Waals surface area contributed by atoms with E-state index in [2.05, 4.69) is 0 Å². The lowest BCUT2D eigenvalue weighted by Gasteiger charge is -2.19. The van der Waals surface area contributed by atoms with Crippen LogP contribution in [0.3, 0.4) is 0 Å². The molecule has 0 amide bonds. The summed E-state index contributed by atoms with van der Waals surface area (Å²) in [4.78, 5) is 24.9. The Bertz CT molecular complexity index is 1160. The standard InChI is InChI=1S/C23H22O7/c1-4-14-9-16-20(11-19(14)30-13(2)23(25)26-3)29-12-17(22(16)24)15-5-6-18-21(10-15)28-8-7-27-18/h5-6,9-13H,4,7-8H2,1-3H3/t13-/m1/s1. The molecular formula is C23H22O7. The van der Waals surface area contributed by atoms with E-state index in [0.29, 0.717) is 59.0 Å². The van der Waals surface area contributed by atoms with Crippen molar-refractivity contribution in [3.63, 3.8) is 0 Å². The lowest BCUT2D eigenvalue weighted by Crippen LogP contribution is -2.25. The number of rotatable bonds is 5. The molecule has 1 aromatic heterocycles. The van der Waals surface area contributed by atoms with E-state index in [1.165, 1.54) is 13.4 Å². The molecule has 4 rings (SSSR count). The molecule has 0 radical (unpaired) electrons. The summed E-state index contributed by atoms with van der Waals surface area (Å²) in [5.74, 6) is 1.27. The van der Waals surface area contributed by atoms with Crippen molar-refractivity contribution in [2.24, 2.45) is 0 Å². The molecule has 0 aliphatic carbocycles. The average molecular weight is 410 g/mol. The van der Waals surface area contributed by atoms with Crippen LogP contribution in [0.1, 0.15) is 19.4 Å². The van der Waals surface area contributed by atoms with E-state index in [1.807, 2.05) is 13.0 Å². The van der Waals surface area contributed by atoms with E-state index in [-0.39, 0.29) is 5.43 Å². The number of carbonyl (C=O) groups is 1. The number of methoxy groups -OCH3 is 1. The molecule has 0 fully saturated rings. The first-order valence-electron chi connectivity index (χ1n) is 9.74. The number of hydrogen-bond acceptors (Lipinski definition) is 7.